The van der Waals surface area contributed by atoms with Gasteiger partial charge in [-0.3, -0.25) is 9.59 Å². The molecule has 4 amide bonds. The van der Waals surface area contributed by atoms with Gasteiger partial charge in [-0.2, -0.15) is 0 Å². The molecule has 0 radical (unpaired) electrons. The number of nitrogens with zero attached hydrogens (tertiary/aromatic N) is 4. The summed E-state index contributed by atoms with van der Waals surface area (Å²) in [5.41, 5.74) is 5.64. The first-order valence-electron chi connectivity index (χ1n) is 21.7. The number of carbonyl (C=O) groups excluding carboxylic acids is 4. The van der Waals surface area contributed by atoms with E-state index in [1.54, 1.807) is 40.8 Å². The summed E-state index contributed by atoms with van der Waals surface area (Å²) in [7, 11) is 8.76. The van der Waals surface area contributed by atoms with Gasteiger partial charge in [-0.25, -0.2) is 19.6 Å². The predicted molar refractivity (Wildman–Crippen MR) is 232 cm³/mol. The molecule has 18 heteroatoms. The van der Waals surface area contributed by atoms with Gasteiger partial charge < -0.3 is 58.8 Å². The van der Waals surface area contributed by atoms with Crippen LogP contribution in [-0.4, -0.2) is 147 Å². The second-order valence-electron chi connectivity index (χ2n) is 17.2. The minimum absolute atomic E-state index is 0.0796. The molecule has 2 aromatic heterocycles. The smallest absolute Gasteiger partial charge is 0.407 e. The lowest BCUT2D eigenvalue weighted by Gasteiger charge is -2.33. The number of rotatable bonds is 19. The summed E-state index contributed by atoms with van der Waals surface area (Å²) in [5, 5.41) is 5.49. The molecule has 8 atom stereocenters. The van der Waals surface area contributed by atoms with E-state index in [4.69, 9.17) is 38.4 Å². The summed E-state index contributed by atoms with van der Waals surface area (Å²) < 4.78 is 31.3. The number of aromatic nitrogens is 4. The lowest BCUT2D eigenvalue weighted by atomic mass is 9.99. The van der Waals surface area contributed by atoms with Crippen molar-refractivity contribution in [2.24, 2.45) is 23.7 Å². The molecule has 2 aliphatic carbocycles. The Hall–Kier alpha value is -5.82. The quantitative estimate of drug-likeness (QED) is 0.101. The van der Waals surface area contributed by atoms with Gasteiger partial charge in [0.2, 0.25) is 11.8 Å². The summed E-state index contributed by atoms with van der Waals surface area (Å²) in [6.07, 6.45) is 5.61. The number of piperidine rings is 2. The van der Waals surface area contributed by atoms with Crippen molar-refractivity contribution in [1.82, 2.24) is 40.4 Å². The Morgan fingerprint density at radius 3 is 1.23 bits per heavy atom. The fourth-order valence-corrected chi connectivity index (χ4v) is 9.82. The van der Waals surface area contributed by atoms with E-state index in [0.29, 0.717) is 23.5 Å². The number of likely N-dealkylation sites (tertiary alicyclic amines) is 2. The molecule has 0 spiro atoms. The zero-order chi connectivity index (χ0) is 45.1. The number of carbonyl (C=O) groups is 4. The molecule has 0 unspecified atom stereocenters. The van der Waals surface area contributed by atoms with Crippen LogP contribution < -0.4 is 10.6 Å². The monoisotopic (exact) mass is 882 g/mol. The highest BCUT2D eigenvalue weighted by molar-refractivity contribution is 5.88. The number of ether oxygens (including phenoxy) is 6. The maximum atomic E-state index is 14.2. The van der Waals surface area contributed by atoms with Gasteiger partial charge in [-0.15, -0.1) is 0 Å². The van der Waals surface area contributed by atoms with E-state index < -0.39 is 36.1 Å². The number of imidazole rings is 2. The minimum Gasteiger partial charge on any atom is -0.453 e. The number of fused-ring (bicyclic) bond motifs is 2. The molecular formula is C46H58N8O10. The average Bonchev–Trinajstić information content (AvgIpc) is 3.90. The van der Waals surface area contributed by atoms with Crippen LogP contribution in [0.1, 0.15) is 49.4 Å². The van der Waals surface area contributed by atoms with E-state index >= 15 is 0 Å². The maximum absolute atomic E-state index is 14.2. The largest absolute Gasteiger partial charge is 0.453 e. The molecule has 4 heterocycles. The first-order chi connectivity index (χ1) is 31.1. The first kappa shape index (κ1) is 44.8. The van der Waals surface area contributed by atoms with Crippen molar-refractivity contribution in [3.8, 4) is 33.6 Å². The third-order valence-electron chi connectivity index (χ3n) is 13.2. The fraction of sp³-hybridized carbons (Fsp3) is 0.522. The predicted octanol–water partition coefficient (Wildman–Crippen LogP) is 4.72. The van der Waals surface area contributed by atoms with Gasteiger partial charge >= 0.3 is 12.2 Å². The summed E-state index contributed by atoms with van der Waals surface area (Å²) in [6.45, 7) is 0.873. The van der Waals surface area contributed by atoms with E-state index in [0.717, 1.165) is 59.3 Å². The van der Waals surface area contributed by atoms with Crippen LogP contribution in [-0.2, 0) is 38.0 Å². The number of methoxy groups -OCH3 is 6. The number of aromatic amines is 2. The van der Waals surface area contributed by atoms with Gasteiger partial charge in [0.25, 0.3) is 0 Å². The van der Waals surface area contributed by atoms with Crippen molar-refractivity contribution in [2.45, 2.75) is 61.9 Å². The van der Waals surface area contributed by atoms with Gasteiger partial charge in [0.05, 0.1) is 76.5 Å². The Bertz CT molecular complexity index is 2100. The van der Waals surface area contributed by atoms with Crippen molar-refractivity contribution in [3.05, 3.63) is 72.6 Å². The molecule has 2 saturated heterocycles. The van der Waals surface area contributed by atoms with Crippen molar-refractivity contribution >= 4 is 24.0 Å². The number of benzene rings is 2. The van der Waals surface area contributed by atoms with E-state index in [9.17, 15) is 19.2 Å². The summed E-state index contributed by atoms with van der Waals surface area (Å²) in [6, 6.07) is 14.3. The molecular weight excluding hydrogens is 825 g/mol. The van der Waals surface area contributed by atoms with Crippen molar-refractivity contribution in [2.75, 3.05) is 69.1 Å². The van der Waals surface area contributed by atoms with E-state index in [1.165, 1.54) is 14.2 Å². The van der Waals surface area contributed by atoms with Gasteiger partial charge in [-0.05, 0) is 59.8 Å². The molecule has 64 heavy (non-hydrogen) atoms. The second kappa shape index (κ2) is 19.5. The minimum atomic E-state index is -0.896. The van der Waals surface area contributed by atoms with Crippen molar-refractivity contribution in [3.63, 3.8) is 0 Å². The lowest BCUT2D eigenvalue weighted by molar-refractivity contribution is -0.139. The zero-order valence-electron chi connectivity index (χ0n) is 37.1. The Labute approximate surface area is 372 Å². The highest BCUT2D eigenvalue weighted by Crippen LogP contribution is 2.54. The van der Waals surface area contributed by atoms with Crippen LogP contribution in [0.15, 0.2) is 60.9 Å². The molecule has 4 aromatic rings. The first-order valence-corrected chi connectivity index (χ1v) is 21.7. The van der Waals surface area contributed by atoms with E-state index in [1.807, 2.05) is 34.1 Å². The van der Waals surface area contributed by atoms with Crippen molar-refractivity contribution in [1.29, 1.82) is 0 Å². The van der Waals surface area contributed by atoms with Crippen LogP contribution in [0.3, 0.4) is 0 Å². The highest BCUT2D eigenvalue weighted by Gasteiger charge is 2.58. The molecule has 8 rings (SSSR count). The molecule has 4 N–H and O–H groups in total. The number of alkyl carbamates (subject to hydrolysis) is 2. The topological polar surface area (TPSA) is 212 Å². The number of hydrogen-bond donors (Lipinski definition) is 4. The molecule has 4 fully saturated rings. The molecule has 0 bridgehead atoms. The Morgan fingerprint density at radius 2 is 0.906 bits per heavy atom. The van der Waals surface area contributed by atoms with Crippen LogP contribution >= 0.6 is 0 Å². The Kier molecular flexibility index (Phi) is 13.6. The Balaban J connectivity index is 0.937. The normalized spacial score (nSPS) is 22.8. The lowest BCUT2D eigenvalue weighted by Crippen LogP contribution is -2.54. The third-order valence-corrected chi connectivity index (χ3v) is 13.2. The maximum Gasteiger partial charge on any atom is 0.407 e. The SMILES string of the molecule is COCC(COC)[C@H](NC(=O)OC)C(=O)N1[C@@H]2C[C@@H]2C[C@H]1c1ncc(-c2ccc(-c3ccc(-c4cnc([C@@H]5C[C@H]6C[C@H]6N5C(=O)[C@@H](NC(=O)OC)C(COC)COC)[nH]4)cc3)cc2)[nH]1. The Morgan fingerprint density at radius 1 is 0.562 bits per heavy atom. The van der Waals surface area contributed by atoms with Crippen LogP contribution in [0.4, 0.5) is 9.59 Å². The summed E-state index contributed by atoms with van der Waals surface area (Å²) >= 11 is 0. The molecule has 2 aromatic carbocycles. The number of nitrogens with one attached hydrogen (secondary N) is 4. The van der Waals surface area contributed by atoms with Gasteiger partial charge in [0.1, 0.15) is 23.7 Å². The fourth-order valence-electron chi connectivity index (χ4n) is 9.82. The molecule has 342 valence electrons. The van der Waals surface area contributed by atoms with E-state index in [-0.39, 0.29) is 62.4 Å². The number of H-pyrrole nitrogens is 2. The standard InChI is InChI=1S/C46H58N8O10/c1-59-21-31(22-60-2)39(51-45(57)63-5)43(55)53-35-15-29(35)17-37(53)41-47-19-33(49-41)27-11-7-25(8-12-27)26-9-13-28(14-10-26)34-20-48-42(50-34)38-18-30-16-36(30)54(38)44(56)40(52-46(58)64-6)32(23-61-3)24-62-4/h7-14,19-20,29-32,35-40H,15-18,21-24H2,1-6H3,(H,47,49)(H,48,50)(H,51,57)(H,52,58)/t29-,30-,35-,36-,37+,38+,39+,40+/m1/s1. The summed E-state index contributed by atoms with van der Waals surface area (Å²) in [4.78, 5) is 73.5. The van der Waals surface area contributed by atoms with Gasteiger partial charge in [0.15, 0.2) is 0 Å². The number of hydrogen-bond acceptors (Lipinski definition) is 12. The third kappa shape index (κ3) is 9.22. The highest BCUT2D eigenvalue weighted by atomic mass is 16.5. The summed E-state index contributed by atoms with van der Waals surface area (Å²) in [5.74, 6) is 0.898. The molecule has 4 aliphatic rings. The van der Waals surface area contributed by atoms with Crippen LogP contribution in [0.2, 0.25) is 0 Å². The van der Waals surface area contributed by atoms with Crippen molar-refractivity contribution < 1.29 is 47.6 Å². The van der Waals surface area contributed by atoms with Crippen LogP contribution in [0, 0.1) is 23.7 Å². The molecule has 2 saturated carbocycles. The molecule has 18 nitrogen and oxygen atoms in total. The average molecular weight is 883 g/mol. The molecule has 2 aliphatic heterocycles. The zero-order valence-corrected chi connectivity index (χ0v) is 37.1. The van der Waals surface area contributed by atoms with Gasteiger partial charge in [-0.1, -0.05) is 48.5 Å². The van der Waals surface area contributed by atoms with Crippen LogP contribution in [0.25, 0.3) is 33.6 Å². The van der Waals surface area contributed by atoms with E-state index in [2.05, 4.69) is 44.9 Å². The number of amides is 4. The second-order valence-corrected chi connectivity index (χ2v) is 17.2. The van der Waals surface area contributed by atoms with Crippen LogP contribution in [0.5, 0.6) is 0 Å². The van der Waals surface area contributed by atoms with Gasteiger partial charge in [0, 0.05) is 52.4 Å².